The second kappa shape index (κ2) is 7.98. The third-order valence-corrected chi connectivity index (χ3v) is 3.50. The molecule has 0 saturated carbocycles. The molecule has 0 bridgehead atoms. The highest BCUT2D eigenvalue weighted by Crippen LogP contribution is 2.17. The highest BCUT2D eigenvalue weighted by molar-refractivity contribution is 7.80. The van der Waals surface area contributed by atoms with E-state index in [1.165, 1.54) is 0 Å². The number of nitrogens with two attached hydrogens (primary N) is 1. The van der Waals surface area contributed by atoms with Gasteiger partial charge in [0, 0.05) is 24.6 Å². The smallest absolute Gasteiger partial charge is 0.253 e. The van der Waals surface area contributed by atoms with Crippen LogP contribution in [-0.4, -0.2) is 35.0 Å². The lowest BCUT2D eigenvalue weighted by Crippen LogP contribution is -2.38. The number of rotatable bonds is 7. The molecule has 1 atom stereocenters. The largest absolute Gasteiger partial charge is 0.491 e. The summed E-state index contributed by atoms with van der Waals surface area (Å²) in [6.45, 7) is 8.92. The topological polar surface area (TPSA) is 55.6 Å². The van der Waals surface area contributed by atoms with Gasteiger partial charge in [0.05, 0.1) is 11.1 Å². The van der Waals surface area contributed by atoms with Crippen molar-refractivity contribution in [2.24, 2.45) is 11.7 Å². The molecule has 1 amide bonds. The minimum Gasteiger partial charge on any atom is -0.491 e. The monoisotopic (exact) mass is 308 g/mol. The van der Waals surface area contributed by atoms with Gasteiger partial charge in [0.2, 0.25) is 0 Å². The molecule has 21 heavy (non-hydrogen) atoms. The predicted octanol–water partition coefficient (Wildman–Crippen LogP) is 2.86. The van der Waals surface area contributed by atoms with Crippen LogP contribution in [0.5, 0.6) is 5.75 Å². The van der Waals surface area contributed by atoms with Crippen LogP contribution in [0.15, 0.2) is 24.3 Å². The maximum atomic E-state index is 12.6. The lowest BCUT2D eigenvalue weighted by atomic mass is 10.1. The molecule has 1 rings (SSSR count). The zero-order valence-electron chi connectivity index (χ0n) is 13.1. The summed E-state index contributed by atoms with van der Waals surface area (Å²) in [5.74, 6) is 0.670. The van der Waals surface area contributed by atoms with E-state index < -0.39 is 0 Å². The molecule has 1 aromatic rings. The van der Waals surface area contributed by atoms with Crippen LogP contribution in [0.1, 0.15) is 38.1 Å². The first-order valence-corrected chi connectivity index (χ1v) is 7.61. The fourth-order valence-electron chi connectivity index (χ4n) is 1.93. The highest BCUT2D eigenvalue weighted by Gasteiger charge is 2.18. The molecule has 0 aliphatic heterocycles. The third-order valence-electron chi connectivity index (χ3n) is 3.10. The Morgan fingerprint density at radius 3 is 2.57 bits per heavy atom. The van der Waals surface area contributed by atoms with E-state index in [9.17, 15) is 4.79 Å². The highest BCUT2D eigenvalue weighted by atomic mass is 32.1. The second-order valence-electron chi connectivity index (χ2n) is 5.34. The van der Waals surface area contributed by atoms with Crippen molar-refractivity contribution in [2.75, 3.05) is 13.1 Å². The molecule has 0 radical (unpaired) electrons. The van der Waals surface area contributed by atoms with Crippen LogP contribution in [0.3, 0.4) is 0 Å². The van der Waals surface area contributed by atoms with Crippen molar-refractivity contribution in [3.05, 3.63) is 29.8 Å². The van der Waals surface area contributed by atoms with Crippen molar-refractivity contribution in [1.82, 2.24) is 4.90 Å². The standard InChI is InChI=1S/C16H24N2O2S/c1-5-18(10-12(4)15(17)21)16(19)13-7-6-8-14(9-13)20-11(2)3/h6-9,11-12H,5,10H2,1-4H3,(H2,17,21). The average molecular weight is 308 g/mol. The zero-order valence-corrected chi connectivity index (χ0v) is 13.9. The van der Waals surface area contributed by atoms with E-state index in [0.717, 1.165) is 0 Å². The van der Waals surface area contributed by atoms with Gasteiger partial charge in [-0.3, -0.25) is 4.79 Å². The molecule has 1 unspecified atom stereocenters. The van der Waals surface area contributed by atoms with E-state index in [0.29, 0.717) is 29.4 Å². The fraction of sp³-hybridized carbons (Fsp3) is 0.500. The summed E-state index contributed by atoms with van der Waals surface area (Å²) in [7, 11) is 0. The Kier molecular flexibility index (Phi) is 6.62. The summed E-state index contributed by atoms with van der Waals surface area (Å²) in [5, 5.41) is 0. The van der Waals surface area contributed by atoms with Gasteiger partial charge >= 0.3 is 0 Å². The molecule has 4 nitrogen and oxygen atoms in total. The molecule has 0 saturated heterocycles. The Bertz CT molecular complexity index is 503. The Morgan fingerprint density at radius 2 is 2.05 bits per heavy atom. The molecule has 0 spiro atoms. The van der Waals surface area contributed by atoms with E-state index in [-0.39, 0.29) is 17.9 Å². The Balaban J connectivity index is 2.87. The summed E-state index contributed by atoms with van der Waals surface area (Å²) >= 11 is 4.98. The summed E-state index contributed by atoms with van der Waals surface area (Å²) in [6, 6.07) is 7.25. The number of hydrogen-bond donors (Lipinski definition) is 1. The summed E-state index contributed by atoms with van der Waals surface area (Å²) in [4.78, 5) is 14.7. The van der Waals surface area contributed by atoms with Gasteiger partial charge < -0.3 is 15.4 Å². The number of hydrogen-bond acceptors (Lipinski definition) is 3. The van der Waals surface area contributed by atoms with Crippen LogP contribution in [-0.2, 0) is 0 Å². The van der Waals surface area contributed by atoms with Crippen molar-refractivity contribution in [3.8, 4) is 5.75 Å². The quantitative estimate of drug-likeness (QED) is 0.787. The van der Waals surface area contributed by atoms with E-state index >= 15 is 0 Å². The molecule has 5 heteroatoms. The summed E-state index contributed by atoms with van der Waals surface area (Å²) in [6.07, 6.45) is 0.0762. The van der Waals surface area contributed by atoms with Gasteiger partial charge in [-0.1, -0.05) is 25.2 Å². The molecule has 0 fully saturated rings. The minimum atomic E-state index is -0.0326. The van der Waals surface area contributed by atoms with Crippen LogP contribution in [0.4, 0.5) is 0 Å². The van der Waals surface area contributed by atoms with Gasteiger partial charge in [-0.2, -0.15) is 0 Å². The lowest BCUT2D eigenvalue weighted by molar-refractivity contribution is 0.0754. The maximum Gasteiger partial charge on any atom is 0.253 e. The molecule has 0 aliphatic rings. The molecule has 116 valence electrons. The summed E-state index contributed by atoms with van der Waals surface area (Å²) in [5.41, 5.74) is 6.25. The first-order chi connectivity index (χ1) is 9.85. The number of amides is 1. The van der Waals surface area contributed by atoms with E-state index in [2.05, 4.69) is 0 Å². The van der Waals surface area contributed by atoms with Crippen LogP contribution in [0, 0.1) is 5.92 Å². The number of carbonyl (C=O) groups is 1. The van der Waals surface area contributed by atoms with Gasteiger partial charge in [0.1, 0.15) is 5.75 Å². The molecular weight excluding hydrogens is 284 g/mol. The van der Waals surface area contributed by atoms with Crippen molar-refractivity contribution in [3.63, 3.8) is 0 Å². The van der Waals surface area contributed by atoms with Gasteiger partial charge in [-0.15, -0.1) is 0 Å². The van der Waals surface area contributed by atoms with Gasteiger partial charge in [-0.05, 0) is 39.0 Å². The Hall–Kier alpha value is -1.62. The van der Waals surface area contributed by atoms with Gasteiger partial charge in [0.25, 0.3) is 5.91 Å². The Morgan fingerprint density at radius 1 is 1.38 bits per heavy atom. The van der Waals surface area contributed by atoms with E-state index in [4.69, 9.17) is 22.7 Å². The lowest BCUT2D eigenvalue weighted by Gasteiger charge is -2.24. The third kappa shape index (κ3) is 5.34. The molecule has 0 aliphatic carbocycles. The van der Waals surface area contributed by atoms with Crippen molar-refractivity contribution in [2.45, 2.75) is 33.8 Å². The number of thiocarbonyl (C=S) groups is 1. The second-order valence-corrected chi connectivity index (χ2v) is 5.81. The van der Waals surface area contributed by atoms with E-state index in [1.807, 2.05) is 39.8 Å². The number of carbonyl (C=O) groups excluding carboxylic acids is 1. The van der Waals surface area contributed by atoms with Gasteiger partial charge in [0.15, 0.2) is 0 Å². The molecule has 0 aromatic heterocycles. The maximum absolute atomic E-state index is 12.6. The van der Waals surface area contributed by atoms with Crippen molar-refractivity contribution < 1.29 is 9.53 Å². The van der Waals surface area contributed by atoms with Crippen molar-refractivity contribution >= 4 is 23.1 Å². The number of nitrogens with zero attached hydrogens (tertiary/aromatic N) is 1. The van der Waals surface area contributed by atoms with E-state index in [1.54, 1.807) is 17.0 Å². The van der Waals surface area contributed by atoms with Crippen LogP contribution < -0.4 is 10.5 Å². The fourth-order valence-corrected chi connectivity index (χ4v) is 2.01. The zero-order chi connectivity index (χ0) is 16.0. The van der Waals surface area contributed by atoms with Crippen LogP contribution >= 0.6 is 12.2 Å². The first kappa shape index (κ1) is 17.4. The molecule has 2 N–H and O–H groups in total. The van der Waals surface area contributed by atoms with Crippen LogP contribution in [0.2, 0.25) is 0 Å². The van der Waals surface area contributed by atoms with Crippen LogP contribution in [0.25, 0.3) is 0 Å². The average Bonchev–Trinajstić information content (AvgIpc) is 2.43. The predicted molar refractivity (Wildman–Crippen MR) is 89.7 cm³/mol. The number of benzene rings is 1. The van der Waals surface area contributed by atoms with Gasteiger partial charge in [-0.25, -0.2) is 0 Å². The molecule has 0 heterocycles. The first-order valence-electron chi connectivity index (χ1n) is 7.20. The SMILES string of the molecule is CCN(CC(C)C(N)=S)C(=O)c1cccc(OC(C)C)c1. The molecular formula is C16H24N2O2S. The molecule has 1 aromatic carbocycles. The Labute approximate surface area is 132 Å². The normalized spacial score (nSPS) is 12.0. The summed E-state index contributed by atoms with van der Waals surface area (Å²) < 4.78 is 5.63. The number of ether oxygens (including phenoxy) is 1. The van der Waals surface area contributed by atoms with Crippen molar-refractivity contribution in [1.29, 1.82) is 0 Å². The minimum absolute atomic E-state index is 0.000929.